The second-order valence-electron chi connectivity index (χ2n) is 4.29. The number of nitrogens with one attached hydrogen (secondary N) is 1. The molecule has 0 saturated heterocycles. The number of hydrogen-bond donors (Lipinski definition) is 1. The van der Waals surface area contributed by atoms with Crippen LogP contribution in [0.4, 0.5) is 0 Å². The summed E-state index contributed by atoms with van der Waals surface area (Å²) in [5.41, 5.74) is 4.27. The summed E-state index contributed by atoms with van der Waals surface area (Å²) >= 11 is 1.61. The number of aromatic nitrogens is 1. The molecular weight excluding hydrogens is 244 g/mol. The van der Waals surface area contributed by atoms with Crippen molar-refractivity contribution in [2.45, 2.75) is 26.5 Å². The van der Waals surface area contributed by atoms with Crippen molar-refractivity contribution >= 4 is 11.3 Å². The van der Waals surface area contributed by atoms with Crippen molar-refractivity contribution in [1.29, 1.82) is 0 Å². The first-order valence-corrected chi connectivity index (χ1v) is 6.86. The zero-order valence-electron chi connectivity index (χ0n) is 10.9. The lowest BCUT2D eigenvalue weighted by Crippen LogP contribution is -2.12. The molecule has 4 heteroatoms. The molecule has 0 radical (unpaired) electrons. The Morgan fingerprint density at radius 1 is 1.44 bits per heavy atom. The topological polar surface area (TPSA) is 34.1 Å². The Morgan fingerprint density at radius 2 is 2.28 bits per heavy atom. The van der Waals surface area contributed by atoms with Crippen LogP contribution in [0, 0.1) is 6.92 Å². The van der Waals surface area contributed by atoms with Gasteiger partial charge < -0.3 is 10.1 Å². The van der Waals surface area contributed by atoms with E-state index in [1.807, 2.05) is 24.8 Å². The molecule has 96 valence electrons. The second kappa shape index (κ2) is 5.98. The molecule has 3 nitrogen and oxygen atoms in total. The average Bonchev–Trinajstić information content (AvgIpc) is 2.89. The van der Waals surface area contributed by atoms with E-state index in [-0.39, 0.29) is 0 Å². The smallest absolute Gasteiger partial charge is 0.124 e. The van der Waals surface area contributed by atoms with Crippen LogP contribution in [0.1, 0.15) is 29.0 Å². The van der Waals surface area contributed by atoms with Gasteiger partial charge in [0.05, 0.1) is 10.4 Å². The highest BCUT2D eigenvalue weighted by atomic mass is 32.1. The fourth-order valence-electron chi connectivity index (χ4n) is 1.73. The molecule has 1 aromatic heterocycles. The lowest BCUT2D eigenvalue weighted by Gasteiger charge is -2.14. The van der Waals surface area contributed by atoms with Gasteiger partial charge in [-0.3, -0.25) is 4.98 Å². The zero-order chi connectivity index (χ0) is 13.0. The normalized spacial score (nSPS) is 12.4. The first-order chi connectivity index (χ1) is 8.70. The predicted molar refractivity (Wildman–Crippen MR) is 75.1 cm³/mol. The molecule has 1 N–H and O–H groups in total. The van der Waals surface area contributed by atoms with Gasteiger partial charge in [-0.2, -0.15) is 0 Å². The molecule has 18 heavy (non-hydrogen) atoms. The van der Waals surface area contributed by atoms with Crippen LogP contribution < -0.4 is 10.1 Å². The number of thiazole rings is 1. The van der Waals surface area contributed by atoms with Crippen molar-refractivity contribution in [2.75, 3.05) is 7.05 Å². The third-order valence-corrected chi connectivity index (χ3v) is 3.74. The van der Waals surface area contributed by atoms with E-state index in [1.165, 1.54) is 11.1 Å². The van der Waals surface area contributed by atoms with Gasteiger partial charge in [0.1, 0.15) is 12.4 Å². The molecule has 0 spiro atoms. The van der Waals surface area contributed by atoms with E-state index < -0.39 is 0 Å². The summed E-state index contributed by atoms with van der Waals surface area (Å²) in [7, 11) is 1.97. The fourth-order valence-corrected chi connectivity index (χ4v) is 2.24. The van der Waals surface area contributed by atoms with Gasteiger partial charge in [-0.1, -0.05) is 12.1 Å². The first-order valence-electron chi connectivity index (χ1n) is 5.98. The van der Waals surface area contributed by atoms with Crippen molar-refractivity contribution in [2.24, 2.45) is 0 Å². The predicted octanol–water partition coefficient (Wildman–Crippen LogP) is 3.31. The number of rotatable bonds is 5. The van der Waals surface area contributed by atoms with Gasteiger partial charge in [-0.25, -0.2) is 0 Å². The van der Waals surface area contributed by atoms with Crippen LogP contribution in [0.3, 0.4) is 0 Å². The molecule has 2 rings (SSSR count). The van der Waals surface area contributed by atoms with E-state index in [2.05, 4.69) is 36.3 Å². The van der Waals surface area contributed by atoms with Crippen LogP contribution in [-0.4, -0.2) is 12.0 Å². The molecule has 1 atom stereocenters. The minimum atomic E-state index is 0.360. The molecule has 0 aliphatic carbocycles. The maximum absolute atomic E-state index is 5.80. The second-order valence-corrected chi connectivity index (χ2v) is 5.26. The molecule has 0 bridgehead atoms. The summed E-state index contributed by atoms with van der Waals surface area (Å²) in [4.78, 5) is 5.18. The Balaban J connectivity index is 2.05. The molecule has 0 aliphatic rings. The summed E-state index contributed by atoms with van der Waals surface area (Å²) < 4.78 is 5.80. The Bertz CT molecular complexity index is 497. The van der Waals surface area contributed by atoms with Crippen molar-refractivity contribution in [3.63, 3.8) is 0 Å². The molecule has 2 aromatic rings. The number of aryl methyl sites for hydroxylation is 1. The van der Waals surface area contributed by atoms with Crippen LogP contribution in [0.2, 0.25) is 0 Å². The van der Waals surface area contributed by atoms with E-state index in [0.29, 0.717) is 12.6 Å². The molecule has 1 aromatic carbocycles. The van der Waals surface area contributed by atoms with E-state index in [4.69, 9.17) is 4.74 Å². The summed E-state index contributed by atoms with van der Waals surface area (Å²) in [5.74, 6) is 0.940. The number of hydrogen-bond acceptors (Lipinski definition) is 4. The van der Waals surface area contributed by atoms with E-state index >= 15 is 0 Å². The minimum absolute atomic E-state index is 0.360. The number of ether oxygens (including phenoxy) is 1. The summed E-state index contributed by atoms with van der Waals surface area (Å²) in [6.45, 7) is 4.81. The Hall–Kier alpha value is -1.39. The van der Waals surface area contributed by atoms with Gasteiger partial charge in [-0.15, -0.1) is 11.3 Å². The first kappa shape index (κ1) is 13.1. The highest BCUT2D eigenvalue weighted by molar-refractivity contribution is 7.09. The Labute approximate surface area is 112 Å². The highest BCUT2D eigenvalue weighted by Crippen LogP contribution is 2.23. The average molecular weight is 262 g/mol. The minimum Gasteiger partial charge on any atom is -0.488 e. The summed E-state index contributed by atoms with van der Waals surface area (Å²) in [5, 5.41) is 3.23. The standard InChI is InChI=1S/C14H18N2OS/c1-10-6-12(11(2)15-3)4-5-14(10)17-8-13-7-16-9-18-13/h4-7,9,11,15H,8H2,1-3H3. The van der Waals surface area contributed by atoms with Crippen LogP contribution >= 0.6 is 11.3 Å². The van der Waals surface area contributed by atoms with Gasteiger partial charge in [0.15, 0.2) is 0 Å². The third-order valence-electron chi connectivity index (χ3n) is 2.99. The Morgan fingerprint density at radius 3 is 2.89 bits per heavy atom. The SMILES string of the molecule is CNC(C)c1ccc(OCc2cncs2)c(C)c1. The van der Waals surface area contributed by atoms with Crippen LogP contribution in [-0.2, 0) is 6.61 Å². The number of benzene rings is 1. The van der Waals surface area contributed by atoms with Crippen LogP contribution in [0.15, 0.2) is 29.9 Å². The van der Waals surface area contributed by atoms with Crippen molar-refractivity contribution in [3.8, 4) is 5.75 Å². The summed E-state index contributed by atoms with van der Waals surface area (Å²) in [6, 6.07) is 6.68. The van der Waals surface area contributed by atoms with Gasteiger partial charge in [-0.05, 0) is 38.1 Å². The largest absolute Gasteiger partial charge is 0.488 e. The lowest BCUT2D eigenvalue weighted by atomic mass is 10.1. The third kappa shape index (κ3) is 3.09. The van der Waals surface area contributed by atoms with Crippen molar-refractivity contribution in [3.05, 3.63) is 45.9 Å². The van der Waals surface area contributed by atoms with Crippen LogP contribution in [0.25, 0.3) is 0 Å². The molecule has 0 saturated carbocycles. The van der Waals surface area contributed by atoms with E-state index in [9.17, 15) is 0 Å². The number of nitrogens with zero attached hydrogens (tertiary/aromatic N) is 1. The lowest BCUT2D eigenvalue weighted by molar-refractivity contribution is 0.307. The molecule has 0 amide bonds. The maximum atomic E-state index is 5.80. The van der Waals surface area contributed by atoms with Crippen molar-refractivity contribution < 1.29 is 4.74 Å². The van der Waals surface area contributed by atoms with E-state index in [1.54, 1.807) is 11.3 Å². The fraction of sp³-hybridized carbons (Fsp3) is 0.357. The molecule has 0 fully saturated rings. The highest BCUT2D eigenvalue weighted by Gasteiger charge is 2.06. The van der Waals surface area contributed by atoms with Gasteiger partial charge >= 0.3 is 0 Å². The summed E-state index contributed by atoms with van der Waals surface area (Å²) in [6.07, 6.45) is 1.84. The van der Waals surface area contributed by atoms with Crippen LogP contribution in [0.5, 0.6) is 5.75 Å². The maximum Gasteiger partial charge on any atom is 0.124 e. The van der Waals surface area contributed by atoms with Gasteiger partial charge in [0, 0.05) is 12.2 Å². The monoisotopic (exact) mass is 262 g/mol. The molecular formula is C14H18N2OS. The molecule has 1 heterocycles. The van der Waals surface area contributed by atoms with Gasteiger partial charge in [0.2, 0.25) is 0 Å². The zero-order valence-corrected chi connectivity index (χ0v) is 11.8. The molecule has 0 aliphatic heterocycles. The quantitative estimate of drug-likeness (QED) is 0.897. The van der Waals surface area contributed by atoms with Crippen molar-refractivity contribution in [1.82, 2.24) is 10.3 Å². The van der Waals surface area contributed by atoms with Gasteiger partial charge in [0.25, 0.3) is 0 Å². The van der Waals surface area contributed by atoms with E-state index in [0.717, 1.165) is 10.6 Å². The Kier molecular flexibility index (Phi) is 4.33. The molecule has 1 unspecified atom stereocenters.